The van der Waals surface area contributed by atoms with Gasteiger partial charge in [-0.15, -0.1) is 0 Å². The summed E-state index contributed by atoms with van der Waals surface area (Å²) in [5, 5.41) is 6.21. The van der Waals surface area contributed by atoms with Crippen LogP contribution in [0.2, 0.25) is 0 Å². The molecule has 0 bridgehead atoms. The van der Waals surface area contributed by atoms with Crippen molar-refractivity contribution < 1.29 is 18.0 Å². The summed E-state index contributed by atoms with van der Waals surface area (Å²) in [5.41, 5.74) is 1.34. The van der Waals surface area contributed by atoms with E-state index in [9.17, 15) is 18.0 Å². The fraction of sp³-hybridized carbons (Fsp3) is 0.333. The molecule has 0 unspecified atom stereocenters. The molecule has 29 heavy (non-hydrogen) atoms. The summed E-state index contributed by atoms with van der Waals surface area (Å²) >= 11 is 0. The summed E-state index contributed by atoms with van der Waals surface area (Å²) in [6, 6.07) is 12.3. The molecule has 2 aromatic carbocycles. The molecule has 0 aliphatic rings. The van der Waals surface area contributed by atoms with Crippen LogP contribution >= 0.6 is 0 Å². The standard InChI is InChI=1S/C21H25F3N4O/c1-4-25-20(27-14-16-6-5-7-18(12-16)21(22,23)24)26-13-15-8-10-17(11-9-15)19(29)28(2)3/h5-12H,4,13-14H2,1-3H3,(H2,25,26,27). The van der Waals surface area contributed by atoms with E-state index in [1.165, 1.54) is 11.0 Å². The van der Waals surface area contributed by atoms with Crippen LogP contribution in [0.25, 0.3) is 0 Å². The largest absolute Gasteiger partial charge is 0.416 e. The Morgan fingerprint density at radius 3 is 2.31 bits per heavy atom. The van der Waals surface area contributed by atoms with Crippen LogP contribution in [0.3, 0.4) is 0 Å². The van der Waals surface area contributed by atoms with E-state index in [0.29, 0.717) is 30.2 Å². The zero-order valence-corrected chi connectivity index (χ0v) is 16.7. The summed E-state index contributed by atoms with van der Waals surface area (Å²) in [7, 11) is 3.39. The minimum Gasteiger partial charge on any atom is -0.357 e. The van der Waals surface area contributed by atoms with Crippen molar-refractivity contribution in [2.45, 2.75) is 26.2 Å². The van der Waals surface area contributed by atoms with E-state index >= 15 is 0 Å². The number of aliphatic imine (C=N–C) groups is 1. The van der Waals surface area contributed by atoms with Crippen molar-refractivity contribution in [3.05, 3.63) is 70.8 Å². The predicted molar refractivity (Wildman–Crippen MR) is 108 cm³/mol. The van der Waals surface area contributed by atoms with Gasteiger partial charge in [0.05, 0.1) is 12.1 Å². The number of benzene rings is 2. The van der Waals surface area contributed by atoms with Gasteiger partial charge >= 0.3 is 6.18 Å². The maximum atomic E-state index is 12.8. The predicted octanol–water partition coefficient (Wildman–Crippen LogP) is 3.66. The molecule has 0 saturated carbocycles. The smallest absolute Gasteiger partial charge is 0.357 e. The van der Waals surface area contributed by atoms with Gasteiger partial charge in [-0.2, -0.15) is 13.2 Å². The number of alkyl halides is 3. The molecule has 0 aliphatic carbocycles. The molecule has 0 saturated heterocycles. The lowest BCUT2D eigenvalue weighted by Gasteiger charge is -2.13. The van der Waals surface area contributed by atoms with Gasteiger partial charge in [0.15, 0.2) is 5.96 Å². The van der Waals surface area contributed by atoms with Gasteiger partial charge in [0.1, 0.15) is 0 Å². The molecule has 5 nitrogen and oxygen atoms in total. The Bertz CT molecular complexity index is 846. The van der Waals surface area contributed by atoms with Gasteiger partial charge in [-0.25, -0.2) is 4.99 Å². The van der Waals surface area contributed by atoms with Gasteiger partial charge < -0.3 is 15.5 Å². The number of nitrogens with zero attached hydrogens (tertiary/aromatic N) is 2. The number of carbonyl (C=O) groups is 1. The fourth-order valence-corrected chi connectivity index (χ4v) is 2.57. The first-order valence-electron chi connectivity index (χ1n) is 9.19. The first-order valence-corrected chi connectivity index (χ1v) is 9.19. The van der Waals surface area contributed by atoms with E-state index in [0.717, 1.165) is 17.7 Å². The van der Waals surface area contributed by atoms with Crippen molar-refractivity contribution in [3.63, 3.8) is 0 Å². The minimum absolute atomic E-state index is 0.0690. The number of rotatable bonds is 6. The second-order valence-electron chi connectivity index (χ2n) is 6.64. The molecule has 2 rings (SSSR count). The lowest BCUT2D eigenvalue weighted by atomic mass is 10.1. The van der Waals surface area contributed by atoms with E-state index in [1.54, 1.807) is 32.3 Å². The highest BCUT2D eigenvalue weighted by atomic mass is 19.4. The topological polar surface area (TPSA) is 56.7 Å². The fourth-order valence-electron chi connectivity index (χ4n) is 2.57. The van der Waals surface area contributed by atoms with Crippen LogP contribution in [-0.4, -0.2) is 37.4 Å². The van der Waals surface area contributed by atoms with Crippen molar-refractivity contribution in [1.82, 2.24) is 15.5 Å². The lowest BCUT2D eigenvalue weighted by molar-refractivity contribution is -0.137. The van der Waals surface area contributed by atoms with Crippen LogP contribution in [0.1, 0.15) is 34.0 Å². The third-order valence-electron chi connectivity index (χ3n) is 4.09. The van der Waals surface area contributed by atoms with Gasteiger partial charge in [0.25, 0.3) is 5.91 Å². The van der Waals surface area contributed by atoms with Gasteiger partial charge in [0.2, 0.25) is 0 Å². The van der Waals surface area contributed by atoms with Crippen molar-refractivity contribution in [1.29, 1.82) is 0 Å². The lowest BCUT2D eigenvalue weighted by Crippen LogP contribution is -2.36. The molecule has 0 atom stereocenters. The third-order valence-corrected chi connectivity index (χ3v) is 4.09. The molecular weight excluding hydrogens is 381 g/mol. The molecule has 156 valence electrons. The summed E-state index contributed by atoms with van der Waals surface area (Å²) in [4.78, 5) is 17.8. The van der Waals surface area contributed by atoms with E-state index < -0.39 is 11.7 Å². The van der Waals surface area contributed by atoms with Crippen LogP contribution in [0.4, 0.5) is 13.2 Å². The number of amides is 1. The summed E-state index contributed by atoms with van der Waals surface area (Å²) < 4.78 is 38.5. The Morgan fingerprint density at radius 2 is 1.72 bits per heavy atom. The zero-order chi connectivity index (χ0) is 21.4. The average molecular weight is 406 g/mol. The Balaban J connectivity index is 2.02. The molecule has 0 radical (unpaired) electrons. The Kier molecular flexibility index (Phi) is 7.64. The van der Waals surface area contributed by atoms with Crippen molar-refractivity contribution in [3.8, 4) is 0 Å². The molecule has 0 aliphatic heterocycles. The zero-order valence-electron chi connectivity index (χ0n) is 16.7. The molecule has 0 spiro atoms. The third kappa shape index (κ3) is 6.81. The van der Waals surface area contributed by atoms with Gasteiger partial charge in [-0.3, -0.25) is 4.79 Å². The second-order valence-corrected chi connectivity index (χ2v) is 6.64. The van der Waals surface area contributed by atoms with Crippen LogP contribution < -0.4 is 10.6 Å². The number of carbonyl (C=O) groups excluding carboxylic acids is 1. The molecule has 1 amide bonds. The first-order chi connectivity index (χ1) is 13.7. The maximum Gasteiger partial charge on any atom is 0.416 e. The highest BCUT2D eigenvalue weighted by Crippen LogP contribution is 2.29. The SMILES string of the molecule is CCNC(=NCc1cccc(C(F)(F)F)c1)NCc1ccc(C(=O)N(C)C)cc1. The molecule has 2 aromatic rings. The molecule has 0 aromatic heterocycles. The maximum absolute atomic E-state index is 12.8. The minimum atomic E-state index is -4.37. The van der Waals surface area contributed by atoms with Crippen LogP contribution in [0, 0.1) is 0 Å². The van der Waals surface area contributed by atoms with Crippen LogP contribution in [0.15, 0.2) is 53.5 Å². The van der Waals surface area contributed by atoms with Crippen LogP contribution in [0.5, 0.6) is 0 Å². The number of nitrogens with one attached hydrogen (secondary N) is 2. The van der Waals surface area contributed by atoms with Crippen molar-refractivity contribution >= 4 is 11.9 Å². The van der Waals surface area contributed by atoms with Gasteiger partial charge in [-0.1, -0.05) is 24.3 Å². The Labute approximate surface area is 168 Å². The number of guanidine groups is 1. The number of halogens is 3. The molecule has 0 fully saturated rings. The monoisotopic (exact) mass is 406 g/mol. The first kappa shape index (κ1) is 22.3. The molecular formula is C21H25F3N4O. The average Bonchev–Trinajstić information content (AvgIpc) is 2.69. The normalized spacial score (nSPS) is 11.9. The van der Waals surface area contributed by atoms with E-state index in [1.807, 2.05) is 19.1 Å². The van der Waals surface area contributed by atoms with E-state index in [2.05, 4.69) is 15.6 Å². The van der Waals surface area contributed by atoms with Gasteiger partial charge in [0, 0.05) is 32.7 Å². The second kappa shape index (κ2) is 9.95. The van der Waals surface area contributed by atoms with Crippen LogP contribution in [-0.2, 0) is 19.3 Å². The van der Waals surface area contributed by atoms with Crippen molar-refractivity contribution in [2.75, 3.05) is 20.6 Å². The molecule has 2 N–H and O–H groups in total. The number of hydrogen-bond donors (Lipinski definition) is 2. The molecule has 0 heterocycles. The van der Waals surface area contributed by atoms with Gasteiger partial charge in [-0.05, 0) is 42.3 Å². The van der Waals surface area contributed by atoms with E-state index in [4.69, 9.17) is 0 Å². The number of hydrogen-bond acceptors (Lipinski definition) is 2. The van der Waals surface area contributed by atoms with E-state index in [-0.39, 0.29) is 12.5 Å². The highest BCUT2D eigenvalue weighted by Gasteiger charge is 2.30. The highest BCUT2D eigenvalue weighted by molar-refractivity contribution is 5.93. The molecule has 8 heteroatoms. The quantitative estimate of drug-likeness (QED) is 0.569. The Morgan fingerprint density at radius 1 is 1.03 bits per heavy atom. The summed E-state index contributed by atoms with van der Waals surface area (Å²) in [5.74, 6) is 0.429. The Hall–Kier alpha value is -3.03. The van der Waals surface area contributed by atoms with Crippen molar-refractivity contribution in [2.24, 2.45) is 4.99 Å². The summed E-state index contributed by atoms with van der Waals surface area (Å²) in [6.45, 7) is 3.11. The summed E-state index contributed by atoms with van der Waals surface area (Å²) in [6.07, 6.45) is -4.37.